The van der Waals surface area contributed by atoms with Crippen molar-refractivity contribution in [1.82, 2.24) is 20.4 Å². The standard InChI is InChI=1S/C23H24N4O3/c28-23(24-14-16-4-2-1-3-5-16)27-13-12-20(15-27)29-19-10-8-17(9-11-19)21-25-22(30-26-21)18-6-7-18/h1-5,8-11,18,20H,6-7,12-15H2,(H,24,28). The maximum Gasteiger partial charge on any atom is 0.317 e. The second kappa shape index (κ2) is 8.18. The molecule has 1 atom stereocenters. The average Bonchev–Trinajstić information content (AvgIpc) is 3.32. The molecule has 2 amide bonds. The number of urea groups is 1. The summed E-state index contributed by atoms with van der Waals surface area (Å²) in [6.07, 6.45) is 3.08. The summed E-state index contributed by atoms with van der Waals surface area (Å²) in [6.45, 7) is 1.80. The largest absolute Gasteiger partial charge is 0.489 e. The molecular formula is C23H24N4O3. The van der Waals surface area contributed by atoms with Crippen LogP contribution in [0.15, 0.2) is 59.1 Å². The van der Waals surface area contributed by atoms with Gasteiger partial charge in [-0.25, -0.2) is 4.79 Å². The van der Waals surface area contributed by atoms with Gasteiger partial charge < -0.3 is 19.5 Å². The summed E-state index contributed by atoms with van der Waals surface area (Å²) in [5.41, 5.74) is 2.00. The Balaban J connectivity index is 1.12. The van der Waals surface area contributed by atoms with E-state index in [1.54, 1.807) is 4.90 Å². The van der Waals surface area contributed by atoms with Crippen LogP contribution in [0.5, 0.6) is 5.75 Å². The number of aromatic nitrogens is 2. The van der Waals surface area contributed by atoms with Gasteiger partial charge in [-0.1, -0.05) is 35.5 Å². The molecule has 30 heavy (non-hydrogen) atoms. The van der Waals surface area contributed by atoms with Crippen LogP contribution in [0.25, 0.3) is 11.4 Å². The monoisotopic (exact) mass is 404 g/mol. The average molecular weight is 404 g/mol. The van der Waals surface area contributed by atoms with Crippen molar-refractivity contribution in [3.8, 4) is 17.1 Å². The highest BCUT2D eigenvalue weighted by atomic mass is 16.5. The highest BCUT2D eigenvalue weighted by Gasteiger charge is 2.30. The SMILES string of the molecule is O=C(NCc1ccccc1)N1CCC(Oc2ccc(-c3noc(C4CC4)n3)cc2)C1. The molecule has 2 aliphatic rings. The van der Waals surface area contributed by atoms with Crippen LogP contribution in [0.2, 0.25) is 0 Å². The van der Waals surface area contributed by atoms with Gasteiger partial charge in [0.05, 0.1) is 6.54 Å². The number of rotatable bonds is 6. The van der Waals surface area contributed by atoms with Crippen LogP contribution >= 0.6 is 0 Å². The molecule has 1 saturated carbocycles. The lowest BCUT2D eigenvalue weighted by atomic mass is 10.2. The van der Waals surface area contributed by atoms with Crippen LogP contribution in [0.3, 0.4) is 0 Å². The molecule has 154 valence electrons. The summed E-state index contributed by atoms with van der Waals surface area (Å²) >= 11 is 0. The number of nitrogens with zero attached hydrogens (tertiary/aromatic N) is 3. The first-order valence-electron chi connectivity index (χ1n) is 10.4. The maximum atomic E-state index is 12.4. The maximum absolute atomic E-state index is 12.4. The van der Waals surface area contributed by atoms with Crippen molar-refractivity contribution in [2.45, 2.75) is 37.8 Å². The van der Waals surface area contributed by atoms with Gasteiger partial charge in [-0.2, -0.15) is 4.98 Å². The number of ether oxygens (including phenoxy) is 1. The molecule has 0 bridgehead atoms. The van der Waals surface area contributed by atoms with Gasteiger partial charge in [0, 0.05) is 31.0 Å². The first kappa shape index (κ1) is 18.7. The summed E-state index contributed by atoms with van der Waals surface area (Å²) < 4.78 is 11.4. The molecule has 7 heteroatoms. The molecule has 1 unspecified atom stereocenters. The van der Waals surface area contributed by atoms with Crippen LogP contribution in [0.4, 0.5) is 4.79 Å². The van der Waals surface area contributed by atoms with E-state index in [1.165, 1.54) is 0 Å². The third kappa shape index (κ3) is 4.30. The topological polar surface area (TPSA) is 80.5 Å². The highest BCUT2D eigenvalue weighted by Crippen LogP contribution is 2.39. The van der Waals surface area contributed by atoms with E-state index < -0.39 is 0 Å². The molecule has 1 aliphatic heterocycles. The van der Waals surface area contributed by atoms with E-state index in [4.69, 9.17) is 9.26 Å². The predicted molar refractivity (Wildman–Crippen MR) is 111 cm³/mol. The molecular weight excluding hydrogens is 380 g/mol. The summed E-state index contributed by atoms with van der Waals surface area (Å²) in [6, 6.07) is 17.6. The molecule has 1 aliphatic carbocycles. The van der Waals surface area contributed by atoms with Crippen molar-refractivity contribution in [1.29, 1.82) is 0 Å². The quantitative estimate of drug-likeness (QED) is 0.672. The number of carbonyl (C=O) groups excluding carboxylic acids is 1. The Kier molecular flexibility index (Phi) is 5.09. The van der Waals surface area contributed by atoms with E-state index in [-0.39, 0.29) is 12.1 Å². The van der Waals surface area contributed by atoms with Crippen molar-refractivity contribution in [3.05, 3.63) is 66.1 Å². The van der Waals surface area contributed by atoms with E-state index in [0.717, 1.165) is 42.0 Å². The third-order valence-corrected chi connectivity index (χ3v) is 5.50. The molecule has 0 spiro atoms. The van der Waals surface area contributed by atoms with Gasteiger partial charge in [0.2, 0.25) is 11.7 Å². The summed E-state index contributed by atoms with van der Waals surface area (Å²) in [7, 11) is 0. The Morgan fingerprint density at radius 1 is 1.10 bits per heavy atom. The van der Waals surface area contributed by atoms with Gasteiger partial charge in [0.15, 0.2) is 0 Å². The third-order valence-electron chi connectivity index (χ3n) is 5.50. The zero-order valence-electron chi connectivity index (χ0n) is 16.7. The van der Waals surface area contributed by atoms with Crippen LogP contribution in [0.1, 0.15) is 36.6 Å². The number of nitrogens with one attached hydrogen (secondary N) is 1. The van der Waals surface area contributed by atoms with Crippen LogP contribution in [-0.2, 0) is 6.54 Å². The minimum atomic E-state index is -0.0520. The van der Waals surface area contributed by atoms with Crippen molar-refractivity contribution in [2.75, 3.05) is 13.1 Å². The number of amides is 2. The first-order valence-corrected chi connectivity index (χ1v) is 10.4. The number of hydrogen-bond donors (Lipinski definition) is 1. The van der Waals surface area contributed by atoms with E-state index in [9.17, 15) is 4.79 Å². The fraction of sp³-hybridized carbons (Fsp3) is 0.348. The summed E-state index contributed by atoms with van der Waals surface area (Å²) in [4.78, 5) is 18.7. The summed E-state index contributed by atoms with van der Waals surface area (Å²) in [5.74, 6) is 2.58. The van der Waals surface area contributed by atoms with E-state index in [2.05, 4.69) is 15.5 Å². The molecule has 7 nitrogen and oxygen atoms in total. The Hall–Kier alpha value is -3.35. The molecule has 3 aromatic rings. The normalized spacial score (nSPS) is 18.4. The molecule has 1 N–H and O–H groups in total. The van der Waals surface area contributed by atoms with Crippen molar-refractivity contribution in [2.24, 2.45) is 0 Å². The van der Waals surface area contributed by atoms with Gasteiger partial charge in [-0.3, -0.25) is 0 Å². The highest BCUT2D eigenvalue weighted by molar-refractivity contribution is 5.74. The van der Waals surface area contributed by atoms with Crippen molar-refractivity contribution >= 4 is 6.03 Å². The Morgan fingerprint density at radius 3 is 2.67 bits per heavy atom. The molecule has 2 fully saturated rings. The lowest BCUT2D eigenvalue weighted by molar-refractivity contribution is 0.186. The zero-order valence-corrected chi connectivity index (χ0v) is 16.7. The number of benzene rings is 2. The Morgan fingerprint density at radius 2 is 1.90 bits per heavy atom. The molecule has 5 rings (SSSR count). The summed E-state index contributed by atoms with van der Waals surface area (Å²) in [5, 5.41) is 7.05. The predicted octanol–water partition coefficient (Wildman–Crippen LogP) is 3.98. The van der Waals surface area contributed by atoms with E-state index in [0.29, 0.717) is 31.4 Å². The van der Waals surface area contributed by atoms with E-state index >= 15 is 0 Å². The second-order valence-electron chi connectivity index (χ2n) is 7.87. The smallest absolute Gasteiger partial charge is 0.317 e. The lowest BCUT2D eigenvalue weighted by Crippen LogP contribution is -2.39. The van der Waals surface area contributed by atoms with Gasteiger partial charge in [0.25, 0.3) is 0 Å². The Labute approximate surface area is 175 Å². The molecule has 2 heterocycles. The van der Waals surface area contributed by atoms with Crippen LogP contribution in [-0.4, -0.2) is 40.3 Å². The zero-order chi connectivity index (χ0) is 20.3. The number of hydrogen-bond acceptors (Lipinski definition) is 5. The van der Waals surface area contributed by atoms with Gasteiger partial charge in [-0.15, -0.1) is 0 Å². The minimum absolute atomic E-state index is 0.00929. The molecule has 0 radical (unpaired) electrons. The minimum Gasteiger partial charge on any atom is -0.489 e. The van der Waals surface area contributed by atoms with Gasteiger partial charge >= 0.3 is 6.03 Å². The molecule has 2 aromatic carbocycles. The number of carbonyl (C=O) groups is 1. The Bertz CT molecular complexity index is 999. The second-order valence-corrected chi connectivity index (χ2v) is 7.87. The van der Waals surface area contributed by atoms with Crippen molar-refractivity contribution < 1.29 is 14.1 Å². The molecule has 1 saturated heterocycles. The first-order chi connectivity index (χ1) is 14.7. The fourth-order valence-electron chi connectivity index (χ4n) is 3.62. The van der Waals surface area contributed by atoms with Gasteiger partial charge in [0.1, 0.15) is 11.9 Å². The fourth-order valence-corrected chi connectivity index (χ4v) is 3.62. The van der Waals surface area contributed by atoms with Gasteiger partial charge in [-0.05, 0) is 42.7 Å². The molecule has 1 aromatic heterocycles. The number of likely N-dealkylation sites (tertiary alicyclic amines) is 1. The lowest BCUT2D eigenvalue weighted by Gasteiger charge is -2.18. The van der Waals surface area contributed by atoms with Crippen LogP contribution < -0.4 is 10.1 Å². The van der Waals surface area contributed by atoms with Crippen molar-refractivity contribution in [3.63, 3.8) is 0 Å². The van der Waals surface area contributed by atoms with Crippen LogP contribution in [0, 0.1) is 0 Å². The van der Waals surface area contributed by atoms with E-state index in [1.807, 2.05) is 54.6 Å².